The summed E-state index contributed by atoms with van der Waals surface area (Å²) in [4.78, 5) is 0. The van der Waals surface area contributed by atoms with Crippen LogP contribution in [0.2, 0.25) is 0 Å². The molecule has 0 saturated heterocycles. The Kier molecular flexibility index (Phi) is 14.2. The van der Waals surface area contributed by atoms with Crippen LogP contribution in [-0.4, -0.2) is 17.4 Å². The van der Waals surface area contributed by atoms with Crippen LogP contribution >= 0.6 is 0 Å². The number of hydrogen-bond donors (Lipinski definition) is 0. The maximum atomic E-state index is 6.69. The van der Waals surface area contributed by atoms with Crippen LogP contribution in [0.25, 0.3) is 0 Å². The molecular weight excluding hydrogens is 147 g/mol. The van der Waals surface area contributed by atoms with E-state index in [1.54, 1.807) is 0 Å². The molecule has 0 radical (unpaired) electrons. The van der Waals surface area contributed by atoms with E-state index in [-0.39, 0.29) is 32.2 Å². The zero-order valence-electron chi connectivity index (χ0n) is 6.96. The van der Waals surface area contributed by atoms with Gasteiger partial charge >= 0.3 is 17.4 Å². The van der Waals surface area contributed by atoms with Gasteiger partial charge in [0.25, 0.3) is 0 Å². The molecule has 0 bridgehead atoms. The Morgan fingerprint density at radius 1 is 1.00 bits per heavy atom. The van der Waals surface area contributed by atoms with E-state index in [1.807, 2.05) is 30.3 Å². The van der Waals surface area contributed by atoms with E-state index in [1.165, 1.54) is 0 Å². The van der Waals surface area contributed by atoms with E-state index >= 15 is 0 Å². The molecule has 0 N–H and O–H groups in total. The number of hydrogen-bond acceptors (Lipinski definition) is 0. The molecule has 0 atom stereocenters. The van der Waals surface area contributed by atoms with E-state index in [0.717, 1.165) is 5.56 Å². The Morgan fingerprint density at radius 2 is 1.45 bits per heavy atom. The van der Waals surface area contributed by atoms with Crippen molar-refractivity contribution >= 4 is 17.4 Å². The first-order valence-corrected chi connectivity index (χ1v) is 2.41. The summed E-state index contributed by atoms with van der Waals surface area (Å²) in [7, 11) is 0. The summed E-state index contributed by atoms with van der Waals surface area (Å²) < 4.78 is 0. The summed E-state index contributed by atoms with van der Waals surface area (Å²) in [5.41, 5.74) is 0.826. The molecule has 0 aliphatic carbocycles. The van der Waals surface area contributed by atoms with Gasteiger partial charge in [0.15, 0.2) is 0 Å². The summed E-state index contributed by atoms with van der Waals surface area (Å²) in [6.45, 7) is 0. The first-order valence-electron chi connectivity index (χ1n) is 2.41. The summed E-state index contributed by atoms with van der Waals surface area (Å²) in [5, 5.41) is 0. The largest absolute Gasteiger partial charge is 3.00 e. The Hall–Kier alpha value is -0.688. The van der Waals surface area contributed by atoms with Gasteiger partial charge < -0.3 is 21.3 Å². The number of benzene rings is 1. The summed E-state index contributed by atoms with van der Waals surface area (Å²) in [6.07, 6.45) is 6.69. The van der Waals surface area contributed by atoms with E-state index in [4.69, 9.17) is 6.42 Å². The molecule has 0 aliphatic rings. The minimum Gasteiger partial charge on any atom is -0.366 e. The third-order valence-electron chi connectivity index (χ3n) is 0.918. The quantitative estimate of drug-likeness (QED) is 0.308. The summed E-state index contributed by atoms with van der Waals surface area (Å²) >= 11 is 0. The van der Waals surface area contributed by atoms with Crippen LogP contribution in [0.15, 0.2) is 30.3 Å². The van der Waals surface area contributed by atoms with Gasteiger partial charge in [0.05, 0.1) is 0 Å². The molecule has 0 fully saturated rings. The monoisotopic (exact) mass is 158 g/mol. The van der Waals surface area contributed by atoms with Gasteiger partial charge in [-0.2, -0.15) is 0 Å². The van der Waals surface area contributed by atoms with Crippen molar-refractivity contribution in [3.63, 3.8) is 0 Å². The van der Waals surface area contributed by atoms with Gasteiger partial charge in [-0.1, -0.05) is 18.2 Å². The van der Waals surface area contributed by atoms with Crippen molar-refractivity contribution in [1.29, 1.82) is 0 Å². The van der Waals surface area contributed by atoms with Crippen molar-refractivity contribution in [3.8, 4) is 5.92 Å². The molecule has 0 spiro atoms. The Balaban J connectivity index is -0.000000213. The maximum absolute atomic E-state index is 6.69. The van der Waals surface area contributed by atoms with Crippen LogP contribution in [0.1, 0.15) is 5.56 Å². The molecule has 0 saturated carbocycles. The van der Waals surface area contributed by atoms with Gasteiger partial charge in [-0.3, -0.25) is 5.92 Å². The molecule has 0 nitrogen and oxygen atoms in total. The normalized spacial score (nSPS) is 5.73. The molecule has 0 unspecified atom stereocenters. The van der Waals surface area contributed by atoms with Crippen molar-refractivity contribution in [1.82, 2.24) is 0 Å². The fraction of sp³-hybridized carbons (Fsp3) is 0. The first-order chi connectivity index (χ1) is 3.93. The van der Waals surface area contributed by atoms with Crippen molar-refractivity contribution in [2.75, 3.05) is 0 Å². The second kappa shape index (κ2) is 9.31. The predicted octanol–water partition coefficient (Wildman–Crippen LogP) is 2.14. The minimum absolute atomic E-state index is 0. The molecule has 1 heteroatoms. The molecule has 11 heavy (non-hydrogen) atoms. The predicted molar refractivity (Wildman–Crippen MR) is 51.3 cm³/mol. The van der Waals surface area contributed by atoms with Crippen molar-refractivity contribution < 1.29 is 0 Å². The van der Waals surface area contributed by atoms with E-state index < -0.39 is 0 Å². The van der Waals surface area contributed by atoms with Gasteiger partial charge in [0, 0.05) is 0 Å². The molecule has 1 rings (SSSR count). The molecule has 0 amide bonds. The fourth-order valence-corrected chi connectivity index (χ4v) is 0.521. The second-order valence-corrected chi connectivity index (χ2v) is 1.49. The van der Waals surface area contributed by atoms with Crippen LogP contribution in [0.3, 0.4) is 0 Å². The zero-order valence-corrected chi connectivity index (χ0v) is 8.12. The van der Waals surface area contributed by atoms with E-state index in [0.29, 0.717) is 0 Å². The summed E-state index contributed by atoms with van der Waals surface area (Å²) in [6, 6.07) is 9.37. The molecule has 0 aliphatic heterocycles. The van der Waals surface area contributed by atoms with Crippen LogP contribution in [0, 0.1) is 27.2 Å². The minimum atomic E-state index is 0. The molecule has 0 aromatic heterocycles. The van der Waals surface area contributed by atoms with Crippen LogP contribution in [0.5, 0.6) is 0 Å². The Bertz CT molecular complexity index is 196. The second-order valence-electron chi connectivity index (χ2n) is 1.49. The standard InChI is InChI=1S/C8H5.2CH3.Al/c1-2-8-6-4-3-5-7-8;;;/h3-7H;2*1H3;/q3*-1;+3. The van der Waals surface area contributed by atoms with Crippen LogP contribution < -0.4 is 0 Å². The van der Waals surface area contributed by atoms with Crippen molar-refractivity contribution in [3.05, 3.63) is 57.2 Å². The fourth-order valence-electron chi connectivity index (χ4n) is 0.521. The van der Waals surface area contributed by atoms with E-state index in [9.17, 15) is 0 Å². The first kappa shape index (κ1) is 16.7. The van der Waals surface area contributed by atoms with Gasteiger partial charge in [0.2, 0.25) is 0 Å². The molecular formula is C10H11Al. The number of rotatable bonds is 0. The van der Waals surface area contributed by atoms with Gasteiger partial charge in [0.1, 0.15) is 0 Å². The van der Waals surface area contributed by atoms with Gasteiger partial charge in [-0.25, -0.2) is 0 Å². The smallest absolute Gasteiger partial charge is 0.366 e. The average molecular weight is 158 g/mol. The molecule has 1 aromatic carbocycles. The van der Waals surface area contributed by atoms with E-state index in [2.05, 4.69) is 5.92 Å². The molecule has 54 valence electrons. The van der Waals surface area contributed by atoms with Crippen LogP contribution in [0.4, 0.5) is 0 Å². The molecule has 0 heterocycles. The van der Waals surface area contributed by atoms with Gasteiger partial charge in [-0.05, 0) is 0 Å². The third-order valence-corrected chi connectivity index (χ3v) is 0.918. The average Bonchev–Trinajstić information content (AvgIpc) is 1.90. The Labute approximate surface area is 80.8 Å². The van der Waals surface area contributed by atoms with Crippen molar-refractivity contribution in [2.24, 2.45) is 0 Å². The Morgan fingerprint density at radius 3 is 1.73 bits per heavy atom. The third kappa shape index (κ3) is 5.74. The summed E-state index contributed by atoms with van der Waals surface area (Å²) in [5.74, 6) is 2.28. The molecule has 1 aromatic rings. The maximum Gasteiger partial charge on any atom is 3.00 e. The zero-order chi connectivity index (χ0) is 5.82. The van der Waals surface area contributed by atoms with Crippen molar-refractivity contribution in [2.45, 2.75) is 0 Å². The topological polar surface area (TPSA) is 0 Å². The SMILES string of the molecule is [Al+3].[C-]#Cc1ccccc1.[CH3-].[CH3-]. The van der Waals surface area contributed by atoms with Crippen LogP contribution in [-0.2, 0) is 0 Å². The van der Waals surface area contributed by atoms with Gasteiger partial charge in [-0.15, -0.1) is 17.7 Å².